The third-order valence-corrected chi connectivity index (χ3v) is 5.81. The monoisotopic (exact) mass is 389 g/mol. The van der Waals surface area contributed by atoms with Crippen LogP contribution in [0.1, 0.15) is 44.1 Å². The van der Waals surface area contributed by atoms with Crippen LogP contribution in [-0.2, 0) is 21.0 Å². The lowest BCUT2D eigenvalue weighted by Crippen LogP contribution is -2.40. The smallest absolute Gasteiger partial charge is 0.311 e. The molecule has 3 saturated heterocycles. The van der Waals surface area contributed by atoms with Gasteiger partial charge in [0.2, 0.25) is 0 Å². The van der Waals surface area contributed by atoms with Gasteiger partial charge in [-0.1, -0.05) is 0 Å². The molecule has 0 bridgehead atoms. The molecule has 2 atom stereocenters. The molecule has 2 unspecified atom stereocenters. The number of hydrogen-bond acceptors (Lipinski definition) is 6. The Balaban J connectivity index is 1.32. The molecule has 28 heavy (non-hydrogen) atoms. The van der Waals surface area contributed by atoms with Crippen LogP contribution < -0.4 is 0 Å². The van der Waals surface area contributed by atoms with E-state index in [1.54, 1.807) is 4.90 Å². The third kappa shape index (κ3) is 3.50. The van der Waals surface area contributed by atoms with Gasteiger partial charge in [-0.2, -0.15) is 5.10 Å². The minimum atomic E-state index is -0.599. The highest BCUT2D eigenvalue weighted by molar-refractivity contribution is 6.01. The van der Waals surface area contributed by atoms with Gasteiger partial charge in [-0.15, -0.1) is 5.06 Å². The van der Waals surface area contributed by atoms with E-state index in [0.717, 1.165) is 25.3 Å². The van der Waals surface area contributed by atoms with Crippen molar-refractivity contribution < 1.29 is 19.2 Å². The lowest BCUT2D eigenvalue weighted by Gasteiger charge is -2.23. The van der Waals surface area contributed by atoms with Gasteiger partial charge in [0.05, 0.1) is 11.4 Å². The van der Waals surface area contributed by atoms with Crippen molar-refractivity contribution in [2.75, 3.05) is 26.2 Å². The van der Waals surface area contributed by atoms with Gasteiger partial charge in [-0.05, 0) is 38.7 Å². The van der Waals surface area contributed by atoms with Crippen molar-refractivity contribution in [1.82, 2.24) is 24.6 Å². The molecule has 0 radical (unpaired) electrons. The van der Waals surface area contributed by atoms with Crippen molar-refractivity contribution >= 4 is 17.9 Å². The summed E-state index contributed by atoms with van der Waals surface area (Å²) in [6, 6.07) is 2.47. The number of amides is 3. The maximum absolute atomic E-state index is 12.4. The molecule has 1 aromatic rings. The molecule has 152 valence electrons. The summed E-state index contributed by atoms with van der Waals surface area (Å²) >= 11 is 0. The second kappa shape index (κ2) is 7.20. The zero-order valence-electron chi connectivity index (χ0n) is 16.6. The average Bonchev–Trinajstić information content (AvgIpc) is 3.35. The number of hydrogen-bond donors (Lipinski definition) is 0. The molecular weight excluding hydrogens is 362 g/mol. The van der Waals surface area contributed by atoms with E-state index in [1.165, 1.54) is 5.69 Å². The van der Waals surface area contributed by atoms with Crippen LogP contribution in [0.2, 0.25) is 0 Å². The van der Waals surface area contributed by atoms with Crippen LogP contribution in [0.25, 0.3) is 0 Å². The molecule has 4 heterocycles. The van der Waals surface area contributed by atoms with Crippen molar-refractivity contribution in [3.05, 3.63) is 17.5 Å². The minimum Gasteiger partial charge on any atom is -0.311 e. The van der Waals surface area contributed by atoms with Crippen molar-refractivity contribution in [1.29, 1.82) is 0 Å². The molecule has 9 heteroatoms. The first kappa shape index (κ1) is 18.9. The largest absolute Gasteiger partial charge is 0.434 e. The van der Waals surface area contributed by atoms with Crippen LogP contribution in [0.5, 0.6) is 0 Å². The van der Waals surface area contributed by atoms with Crippen molar-refractivity contribution in [2.24, 2.45) is 11.8 Å². The number of rotatable bonds is 4. The lowest BCUT2D eigenvalue weighted by molar-refractivity contribution is -0.173. The highest BCUT2D eigenvalue weighted by atomic mass is 16.7. The molecular formula is C19H27N5O4. The molecule has 3 amide bonds. The maximum atomic E-state index is 12.4. The zero-order valence-corrected chi connectivity index (χ0v) is 16.6. The summed E-state index contributed by atoms with van der Waals surface area (Å²) in [6.07, 6.45) is -0.379. The minimum absolute atomic E-state index is 0.110. The van der Waals surface area contributed by atoms with Crippen LogP contribution in [0, 0.1) is 18.8 Å². The lowest BCUT2D eigenvalue weighted by atomic mass is 10.0. The predicted molar refractivity (Wildman–Crippen MR) is 98.7 cm³/mol. The Morgan fingerprint density at radius 1 is 1.14 bits per heavy atom. The van der Waals surface area contributed by atoms with E-state index in [0.29, 0.717) is 36.0 Å². The van der Waals surface area contributed by atoms with Crippen LogP contribution in [0.3, 0.4) is 0 Å². The van der Waals surface area contributed by atoms with Gasteiger partial charge in [0.15, 0.2) is 0 Å². The highest BCUT2D eigenvalue weighted by Gasteiger charge is 2.43. The molecule has 0 spiro atoms. The molecule has 0 aliphatic carbocycles. The summed E-state index contributed by atoms with van der Waals surface area (Å²) in [7, 11) is 0. The Morgan fingerprint density at radius 2 is 1.75 bits per heavy atom. The maximum Gasteiger partial charge on any atom is 0.434 e. The van der Waals surface area contributed by atoms with Crippen LogP contribution in [0.15, 0.2) is 6.07 Å². The Hall–Kier alpha value is -2.42. The quantitative estimate of drug-likeness (QED) is 0.722. The van der Waals surface area contributed by atoms with E-state index in [-0.39, 0.29) is 12.8 Å². The van der Waals surface area contributed by atoms with Crippen molar-refractivity contribution in [3.63, 3.8) is 0 Å². The summed E-state index contributed by atoms with van der Waals surface area (Å²) in [5.41, 5.74) is 2.25. The van der Waals surface area contributed by atoms with E-state index < -0.39 is 17.9 Å². The first-order valence-corrected chi connectivity index (χ1v) is 9.92. The van der Waals surface area contributed by atoms with Gasteiger partial charge < -0.3 is 9.74 Å². The van der Waals surface area contributed by atoms with Crippen LogP contribution in [0.4, 0.5) is 4.79 Å². The molecule has 0 saturated carbocycles. The summed E-state index contributed by atoms with van der Waals surface area (Å²) in [5, 5.41) is 5.20. The van der Waals surface area contributed by atoms with E-state index in [9.17, 15) is 14.4 Å². The fourth-order valence-electron chi connectivity index (χ4n) is 4.53. The Bertz CT molecular complexity index is 774. The number of aryl methyl sites for hydroxylation is 1. The summed E-state index contributed by atoms with van der Waals surface area (Å²) in [4.78, 5) is 44.7. The zero-order chi connectivity index (χ0) is 20.0. The molecule has 0 N–H and O–H groups in total. The molecule has 1 aromatic heterocycles. The molecule has 0 aromatic carbocycles. The van der Waals surface area contributed by atoms with Crippen LogP contribution >= 0.6 is 0 Å². The number of nitrogens with zero attached hydrogens (tertiary/aromatic N) is 5. The van der Waals surface area contributed by atoms with Crippen molar-refractivity contribution in [2.45, 2.75) is 46.2 Å². The fraction of sp³-hybridized carbons (Fsp3) is 0.684. The first-order chi connectivity index (χ1) is 13.3. The van der Waals surface area contributed by atoms with E-state index in [1.807, 2.05) is 6.92 Å². The van der Waals surface area contributed by atoms with E-state index in [4.69, 9.17) is 4.84 Å². The highest BCUT2D eigenvalue weighted by Crippen LogP contribution is 2.32. The second-order valence-corrected chi connectivity index (χ2v) is 8.37. The van der Waals surface area contributed by atoms with Gasteiger partial charge in [0.1, 0.15) is 0 Å². The number of carbonyl (C=O) groups is 3. The molecule has 3 aliphatic heterocycles. The Kier molecular flexibility index (Phi) is 4.86. The van der Waals surface area contributed by atoms with Crippen LogP contribution in [-0.4, -0.2) is 68.7 Å². The van der Waals surface area contributed by atoms with Gasteiger partial charge in [-0.25, -0.2) is 4.79 Å². The number of hydroxylamine groups is 2. The summed E-state index contributed by atoms with van der Waals surface area (Å²) < 4.78 is 2.08. The number of likely N-dealkylation sites (tertiary alicyclic amines) is 2. The van der Waals surface area contributed by atoms with Crippen molar-refractivity contribution in [3.8, 4) is 0 Å². The van der Waals surface area contributed by atoms with Gasteiger partial charge in [0.25, 0.3) is 11.8 Å². The Morgan fingerprint density at radius 3 is 2.32 bits per heavy atom. The van der Waals surface area contributed by atoms with Gasteiger partial charge in [-0.3, -0.25) is 19.2 Å². The third-order valence-electron chi connectivity index (χ3n) is 5.81. The standard InChI is InChI=1S/C19H27N5O4/c1-12(2)23-16(6-13(3)20-23)11-21-7-14-9-22(10-15(14)8-21)19(27)28-24-17(25)4-5-18(24)26/h6,12,14-15H,4-5,7-11H2,1-3H3. The second-order valence-electron chi connectivity index (χ2n) is 8.37. The van der Waals surface area contributed by atoms with E-state index in [2.05, 4.69) is 34.6 Å². The number of aromatic nitrogens is 2. The first-order valence-electron chi connectivity index (χ1n) is 9.92. The SMILES string of the molecule is Cc1cc(CN2CC3CN(C(=O)ON4C(=O)CCC4=O)CC3C2)n(C(C)C)n1. The molecule has 3 fully saturated rings. The van der Waals surface area contributed by atoms with Gasteiger partial charge in [0, 0.05) is 51.6 Å². The van der Waals surface area contributed by atoms with E-state index >= 15 is 0 Å². The molecule has 4 rings (SSSR count). The normalized spacial score (nSPS) is 25.3. The molecule has 9 nitrogen and oxygen atoms in total. The Labute approximate surface area is 164 Å². The molecule has 3 aliphatic rings. The number of imide groups is 1. The number of carbonyl (C=O) groups excluding carboxylic acids is 3. The summed E-state index contributed by atoms with van der Waals surface area (Å²) in [6.45, 7) is 10.2. The fourth-order valence-corrected chi connectivity index (χ4v) is 4.53. The predicted octanol–water partition coefficient (Wildman–Crippen LogP) is 1.34. The number of fused-ring (bicyclic) bond motifs is 1. The summed E-state index contributed by atoms with van der Waals surface area (Å²) in [5.74, 6) is -0.120. The van der Waals surface area contributed by atoms with Gasteiger partial charge >= 0.3 is 6.09 Å². The average molecular weight is 389 g/mol. The topological polar surface area (TPSA) is 88.0 Å².